The van der Waals surface area contributed by atoms with Crippen LogP contribution in [0.15, 0.2) is 77.5 Å². The van der Waals surface area contributed by atoms with Crippen molar-refractivity contribution in [3.63, 3.8) is 0 Å². The Labute approximate surface area is 154 Å². The minimum atomic E-state index is 0.688. The van der Waals surface area contributed by atoms with Crippen molar-refractivity contribution < 1.29 is 0 Å². The first-order valence-corrected chi connectivity index (χ1v) is 8.74. The number of hydrogen-bond donors (Lipinski definition) is 1. The molecule has 0 spiro atoms. The van der Waals surface area contributed by atoms with Crippen LogP contribution in [0.5, 0.6) is 0 Å². The van der Waals surface area contributed by atoms with E-state index in [2.05, 4.69) is 38.4 Å². The van der Waals surface area contributed by atoms with Crippen molar-refractivity contribution in [1.82, 2.24) is 15.0 Å². The first-order chi connectivity index (χ1) is 12.3. The Morgan fingerprint density at radius 1 is 0.880 bits per heavy atom. The standard InChI is InChI=1S/C20H15BrN4/c21-16-6-7-18-17(12-16)20(23-13-14-4-2-1-3-5-14)25-19(24-18)15-8-10-22-11-9-15/h1-12H,13H2,(H,23,24,25). The fourth-order valence-corrected chi connectivity index (χ4v) is 3.01. The third-order valence-electron chi connectivity index (χ3n) is 3.90. The summed E-state index contributed by atoms with van der Waals surface area (Å²) in [5, 5.41) is 4.44. The maximum Gasteiger partial charge on any atom is 0.162 e. The molecule has 25 heavy (non-hydrogen) atoms. The van der Waals surface area contributed by atoms with Gasteiger partial charge in [-0.2, -0.15) is 0 Å². The van der Waals surface area contributed by atoms with Gasteiger partial charge in [0.25, 0.3) is 0 Å². The molecule has 4 aromatic rings. The van der Waals surface area contributed by atoms with Crippen molar-refractivity contribution >= 4 is 32.7 Å². The molecule has 1 N–H and O–H groups in total. The average molecular weight is 391 g/mol. The lowest BCUT2D eigenvalue weighted by Crippen LogP contribution is -2.04. The number of nitrogens with one attached hydrogen (secondary N) is 1. The topological polar surface area (TPSA) is 50.7 Å². The summed E-state index contributed by atoms with van der Waals surface area (Å²) in [6.45, 7) is 0.704. The second kappa shape index (κ2) is 6.99. The molecule has 0 atom stereocenters. The van der Waals surface area contributed by atoms with Crippen LogP contribution < -0.4 is 5.32 Å². The van der Waals surface area contributed by atoms with E-state index in [0.717, 1.165) is 26.8 Å². The number of halogens is 1. The number of benzene rings is 2. The largest absolute Gasteiger partial charge is 0.365 e. The van der Waals surface area contributed by atoms with Gasteiger partial charge in [-0.3, -0.25) is 4.98 Å². The van der Waals surface area contributed by atoms with Gasteiger partial charge in [0.1, 0.15) is 5.82 Å². The van der Waals surface area contributed by atoms with E-state index in [-0.39, 0.29) is 0 Å². The van der Waals surface area contributed by atoms with Gasteiger partial charge in [-0.1, -0.05) is 46.3 Å². The van der Waals surface area contributed by atoms with Gasteiger partial charge in [0, 0.05) is 34.4 Å². The Kier molecular flexibility index (Phi) is 4.39. The molecule has 0 bridgehead atoms. The molecule has 2 aromatic heterocycles. The highest BCUT2D eigenvalue weighted by molar-refractivity contribution is 9.10. The number of pyridine rings is 1. The van der Waals surface area contributed by atoms with Crippen molar-refractivity contribution in [2.24, 2.45) is 0 Å². The van der Waals surface area contributed by atoms with Gasteiger partial charge in [0.2, 0.25) is 0 Å². The normalized spacial score (nSPS) is 10.8. The fourth-order valence-electron chi connectivity index (χ4n) is 2.65. The monoisotopic (exact) mass is 390 g/mol. The Morgan fingerprint density at radius 2 is 1.68 bits per heavy atom. The average Bonchev–Trinajstić information content (AvgIpc) is 2.67. The van der Waals surface area contributed by atoms with Crippen molar-refractivity contribution in [3.8, 4) is 11.4 Å². The minimum Gasteiger partial charge on any atom is -0.365 e. The van der Waals surface area contributed by atoms with Crippen LogP contribution in [0, 0.1) is 0 Å². The number of rotatable bonds is 4. The van der Waals surface area contributed by atoms with E-state index < -0.39 is 0 Å². The van der Waals surface area contributed by atoms with Crippen LogP contribution >= 0.6 is 15.9 Å². The predicted molar refractivity (Wildman–Crippen MR) is 104 cm³/mol. The summed E-state index contributed by atoms with van der Waals surface area (Å²) in [6, 6.07) is 20.1. The molecule has 2 heterocycles. The molecule has 0 amide bonds. The molecule has 0 saturated heterocycles. The zero-order valence-corrected chi connectivity index (χ0v) is 14.9. The van der Waals surface area contributed by atoms with Crippen LogP contribution in [-0.2, 0) is 6.54 Å². The van der Waals surface area contributed by atoms with Crippen molar-refractivity contribution in [3.05, 3.63) is 83.1 Å². The van der Waals surface area contributed by atoms with Crippen LogP contribution in [0.2, 0.25) is 0 Å². The van der Waals surface area contributed by atoms with Gasteiger partial charge in [0.15, 0.2) is 5.82 Å². The highest BCUT2D eigenvalue weighted by Crippen LogP contribution is 2.27. The summed E-state index contributed by atoms with van der Waals surface area (Å²) in [7, 11) is 0. The summed E-state index contributed by atoms with van der Waals surface area (Å²) in [5.74, 6) is 1.51. The summed E-state index contributed by atoms with van der Waals surface area (Å²) < 4.78 is 1.00. The zero-order valence-electron chi connectivity index (χ0n) is 13.4. The van der Waals surface area contributed by atoms with Gasteiger partial charge in [-0.25, -0.2) is 9.97 Å². The van der Waals surface area contributed by atoms with Gasteiger partial charge in [-0.15, -0.1) is 0 Å². The third kappa shape index (κ3) is 3.51. The molecule has 4 rings (SSSR count). The summed E-state index contributed by atoms with van der Waals surface area (Å²) in [5.41, 5.74) is 3.05. The lowest BCUT2D eigenvalue weighted by Gasteiger charge is -2.11. The van der Waals surface area contributed by atoms with Crippen molar-refractivity contribution in [2.75, 3.05) is 5.32 Å². The minimum absolute atomic E-state index is 0.688. The molecule has 0 fully saturated rings. The molecule has 0 aliphatic carbocycles. The molecule has 0 aliphatic heterocycles. The lowest BCUT2D eigenvalue weighted by atomic mass is 10.2. The maximum atomic E-state index is 4.76. The molecule has 2 aromatic carbocycles. The Morgan fingerprint density at radius 3 is 2.48 bits per heavy atom. The van der Waals surface area contributed by atoms with E-state index in [1.54, 1.807) is 12.4 Å². The number of nitrogens with zero attached hydrogens (tertiary/aromatic N) is 3. The van der Waals surface area contributed by atoms with E-state index in [1.165, 1.54) is 5.56 Å². The fraction of sp³-hybridized carbons (Fsp3) is 0.0500. The third-order valence-corrected chi connectivity index (χ3v) is 4.39. The summed E-state index contributed by atoms with van der Waals surface area (Å²) in [6.07, 6.45) is 3.50. The quantitative estimate of drug-likeness (QED) is 0.528. The van der Waals surface area contributed by atoms with E-state index >= 15 is 0 Å². The van der Waals surface area contributed by atoms with Crippen LogP contribution in [-0.4, -0.2) is 15.0 Å². The number of hydrogen-bond acceptors (Lipinski definition) is 4. The van der Waals surface area contributed by atoms with Gasteiger partial charge >= 0.3 is 0 Å². The summed E-state index contributed by atoms with van der Waals surface area (Å²) in [4.78, 5) is 13.5. The van der Waals surface area contributed by atoms with Gasteiger partial charge < -0.3 is 5.32 Å². The molecule has 0 aliphatic rings. The SMILES string of the molecule is Brc1ccc2nc(-c3ccncc3)nc(NCc3ccccc3)c2c1. The predicted octanol–water partition coefficient (Wildman–Crippen LogP) is 5.07. The number of aromatic nitrogens is 3. The van der Waals surface area contributed by atoms with E-state index in [1.807, 2.05) is 48.5 Å². The van der Waals surface area contributed by atoms with Crippen LogP contribution in [0.25, 0.3) is 22.3 Å². The smallest absolute Gasteiger partial charge is 0.162 e. The number of anilines is 1. The van der Waals surface area contributed by atoms with Crippen molar-refractivity contribution in [2.45, 2.75) is 6.54 Å². The molecule has 0 unspecified atom stereocenters. The zero-order chi connectivity index (χ0) is 17.1. The van der Waals surface area contributed by atoms with E-state index in [9.17, 15) is 0 Å². The van der Waals surface area contributed by atoms with Crippen LogP contribution in [0.1, 0.15) is 5.56 Å². The Hall–Kier alpha value is -2.79. The highest BCUT2D eigenvalue weighted by atomic mass is 79.9. The molecular formula is C20H15BrN4. The molecule has 4 nitrogen and oxygen atoms in total. The van der Waals surface area contributed by atoms with E-state index in [4.69, 9.17) is 9.97 Å². The Balaban J connectivity index is 1.78. The van der Waals surface area contributed by atoms with E-state index in [0.29, 0.717) is 12.4 Å². The first kappa shape index (κ1) is 15.7. The Bertz CT molecular complexity index is 1000. The molecule has 5 heteroatoms. The summed E-state index contributed by atoms with van der Waals surface area (Å²) >= 11 is 3.53. The second-order valence-electron chi connectivity index (χ2n) is 5.63. The second-order valence-corrected chi connectivity index (χ2v) is 6.55. The molecule has 122 valence electrons. The van der Waals surface area contributed by atoms with Gasteiger partial charge in [0.05, 0.1) is 5.52 Å². The first-order valence-electron chi connectivity index (χ1n) is 7.95. The molecule has 0 saturated carbocycles. The highest BCUT2D eigenvalue weighted by Gasteiger charge is 2.10. The van der Waals surface area contributed by atoms with Crippen molar-refractivity contribution in [1.29, 1.82) is 0 Å². The molecule has 0 radical (unpaired) electrons. The maximum absolute atomic E-state index is 4.76. The van der Waals surface area contributed by atoms with Crippen LogP contribution in [0.3, 0.4) is 0 Å². The lowest BCUT2D eigenvalue weighted by molar-refractivity contribution is 1.10. The molecular weight excluding hydrogens is 376 g/mol. The van der Waals surface area contributed by atoms with Gasteiger partial charge in [-0.05, 0) is 35.9 Å². The van der Waals surface area contributed by atoms with Crippen LogP contribution in [0.4, 0.5) is 5.82 Å². The number of fused-ring (bicyclic) bond motifs is 1.